The quantitative estimate of drug-likeness (QED) is 0.543. The van der Waals surface area contributed by atoms with Gasteiger partial charge in [-0.25, -0.2) is 8.42 Å². The zero-order chi connectivity index (χ0) is 11.1. The highest BCUT2D eigenvalue weighted by atomic mass is 32.2. The first-order chi connectivity index (χ1) is 5.72. The molecule has 0 aliphatic carbocycles. The molecule has 0 aliphatic heterocycles. The number of nitrogens with one attached hydrogen (secondary N) is 1. The van der Waals surface area contributed by atoms with Crippen LogP contribution in [0.25, 0.3) is 0 Å². The highest BCUT2D eigenvalue weighted by Gasteiger charge is 2.45. The summed E-state index contributed by atoms with van der Waals surface area (Å²) in [6.07, 6.45) is 2.64. The molecule has 4 nitrogen and oxygen atoms in total. The molecule has 0 fully saturated rings. The van der Waals surface area contributed by atoms with Crippen LogP contribution in [0.1, 0.15) is 26.7 Å². The fourth-order valence-electron chi connectivity index (χ4n) is 0.0668. The Labute approximate surface area is 75.3 Å². The summed E-state index contributed by atoms with van der Waals surface area (Å²) >= 11 is 0. The summed E-state index contributed by atoms with van der Waals surface area (Å²) in [7, 11) is -5.31. The predicted molar refractivity (Wildman–Crippen MR) is 42.9 cm³/mol. The third kappa shape index (κ3) is 6.79. The summed E-state index contributed by atoms with van der Waals surface area (Å²) < 4.78 is 52.6. The van der Waals surface area contributed by atoms with Gasteiger partial charge >= 0.3 is 15.5 Å². The molecule has 0 atom stereocenters. The first-order valence-electron chi connectivity index (χ1n) is 3.51. The van der Waals surface area contributed by atoms with Gasteiger partial charge in [-0.05, 0) is 0 Å². The van der Waals surface area contributed by atoms with E-state index in [9.17, 15) is 21.6 Å². The summed E-state index contributed by atoms with van der Waals surface area (Å²) in [5.74, 6) is 4.03. The van der Waals surface area contributed by atoms with Crippen molar-refractivity contribution in [2.24, 2.45) is 5.84 Å². The lowest BCUT2D eigenvalue weighted by Gasteiger charge is -2.03. The number of rotatable bonds is 2. The summed E-state index contributed by atoms with van der Waals surface area (Å²) in [5, 5.41) is 0. The Kier molecular flexibility index (Phi) is 7.18. The zero-order valence-electron chi connectivity index (χ0n) is 7.35. The van der Waals surface area contributed by atoms with E-state index in [-0.39, 0.29) is 0 Å². The molecule has 0 radical (unpaired) electrons. The normalized spacial score (nSPS) is 11.8. The topological polar surface area (TPSA) is 72.2 Å². The number of hydrogen-bond donors (Lipinski definition) is 2. The van der Waals surface area contributed by atoms with Crippen LogP contribution in [0.3, 0.4) is 0 Å². The molecular weight excluding hydrogens is 209 g/mol. The Morgan fingerprint density at radius 1 is 1.23 bits per heavy atom. The monoisotopic (exact) mass is 222 g/mol. The molecule has 0 rings (SSSR count). The van der Waals surface area contributed by atoms with Crippen molar-refractivity contribution in [3.05, 3.63) is 0 Å². The van der Waals surface area contributed by atoms with Crippen molar-refractivity contribution in [2.45, 2.75) is 32.2 Å². The molecule has 0 saturated heterocycles. The molecule has 13 heavy (non-hydrogen) atoms. The average Bonchev–Trinajstić information content (AvgIpc) is 2.03. The number of nitrogens with two attached hydrogens (primary N) is 1. The van der Waals surface area contributed by atoms with E-state index in [1.807, 2.05) is 0 Å². The van der Waals surface area contributed by atoms with E-state index in [1.165, 1.54) is 12.8 Å². The van der Waals surface area contributed by atoms with Gasteiger partial charge in [0.15, 0.2) is 0 Å². The molecule has 0 aromatic rings. The molecule has 3 N–H and O–H groups in total. The Bertz CT molecular complexity index is 210. The van der Waals surface area contributed by atoms with Gasteiger partial charge in [0.1, 0.15) is 0 Å². The number of unbranched alkanes of at least 4 members (excludes halogenated alkanes) is 1. The van der Waals surface area contributed by atoms with Gasteiger partial charge in [-0.3, -0.25) is 5.84 Å². The molecule has 0 aliphatic rings. The zero-order valence-corrected chi connectivity index (χ0v) is 8.17. The van der Waals surface area contributed by atoms with Crippen molar-refractivity contribution < 1.29 is 21.6 Å². The SMILES string of the molecule is CCCC.NNS(=O)(=O)C(F)(F)F. The van der Waals surface area contributed by atoms with Gasteiger partial charge in [0.05, 0.1) is 0 Å². The van der Waals surface area contributed by atoms with Crippen LogP contribution in [-0.4, -0.2) is 13.9 Å². The number of hydrogen-bond acceptors (Lipinski definition) is 3. The Hall–Kier alpha value is -0.340. The lowest BCUT2D eigenvalue weighted by Crippen LogP contribution is -2.40. The van der Waals surface area contributed by atoms with Crippen LogP contribution in [-0.2, 0) is 10.0 Å². The van der Waals surface area contributed by atoms with Crippen LogP contribution in [0.15, 0.2) is 0 Å². The maximum absolute atomic E-state index is 11.1. The Morgan fingerprint density at radius 2 is 1.54 bits per heavy atom. The molecule has 0 heterocycles. The molecule has 8 heteroatoms. The highest BCUT2D eigenvalue weighted by molar-refractivity contribution is 7.90. The Morgan fingerprint density at radius 3 is 1.54 bits per heavy atom. The second kappa shape index (κ2) is 6.17. The summed E-state index contributed by atoms with van der Waals surface area (Å²) in [6.45, 7) is 4.36. The molecule has 0 saturated carbocycles. The predicted octanol–water partition coefficient (Wildman–Crippen LogP) is 1.11. The van der Waals surface area contributed by atoms with E-state index in [0.29, 0.717) is 4.83 Å². The second-order valence-corrected chi connectivity index (χ2v) is 3.77. The second-order valence-electron chi connectivity index (χ2n) is 2.07. The smallest absolute Gasteiger partial charge is 0.257 e. The number of sulfonamides is 1. The molecule has 82 valence electrons. The van der Waals surface area contributed by atoms with Gasteiger partial charge in [-0.15, -0.1) is 4.83 Å². The van der Waals surface area contributed by atoms with Gasteiger partial charge in [0, 0.05) is 0 Å². The van der Waals surface area contributed by atoms with Gasteiger partial charge in [-0.1, -0.05) is 26.7 Å². The van der Waals surface area contributed by atoms with Crippen LogP contribution < -0.4 is 10.7 Å². The van der Waals surface area contributed by atoms with E-state index < -0.39 is 15.5 Å². The molecule has 0 spiro atoms. The lowest BCUT2D eigenvalue weighted by atomic mass is 10.4. The first kappa shape index (κ1) is 15.1. The minimum atomic E-state index is -5.32. The van der Waals surface area contributed by atoms with Crippen molar-refractivity contribution in [2.75, 3.05) is 0 Å². The molecule has 0 bridgehead atoms. The fraction of sp³-hybridized carbons (Fsp3) is 1.00. The molecule has 0 aromatic carbocycles. The van der Waals surface area contributed by atoms with Crippen molar-refractivity contribution in [1.29, 1.82) is 0 Å². The largest absolute Gasteiger partial charge is 0.512 e. The van der Waals surface area contributed by atoms with E-state index in [1.54, 1.807) is 0 Å². The van der Waals surface area contributed by atoms with Crippen LogP contribution in [0.4, 0.5) is 13.2 Å². The van der Waals surface area contributed by atoms with Crippen LogP contribution in [0, 0.1) is 0 Å². The van der Waals surface area contributed by atoms with Gasteiger partial charge in [-0.2, -0.15) is 13.2 Å². The molecule has 0 aromatic heterocycles. The maximum atomic E-state index is 11.1. The molecule has 0 unspecified atom stereocenters. The minimum absolute atomic E-state index is 0.628. The van der Waals surface area contributed by atoms with Crippen molar-refractivity contribution in [3.63, 3.8) is 0 Å². The van der Waals surface area contributed by atoms with E-state index >= 15 is 0 Å². The maximum Gasteiger partial charge on any atom is 0.512 e. The van der Waals surface area contributed by atoms with E-state index in [0.717, 1.165) is 0 Å². The number of alkyl halides is 3. The van der Waals surface area contributed by atoms with E-state index in [2.05, 4.69) is 19.7 Å². The number of hydrazine groups is 1. The van der Waals surface area contributed by atoms with Gasteiger partial charge in [0.25, 0.3) is 0 Å². The molecule has 0 amide bonds. The Balaban J connectivity index is 0. The third-order valence-corrected chi connectivity index (χ3v) is 1.88. The highest BCUT2D eigenvalue weighted by Crippen LogP contribution is 2.20. The summed E-state index contributed by atoms with van der Waals surface area (Å²) in [4.78, 5) is 0.628. The lowest BCUT2D eigenvalue weighted by molar-refractivity contribution is -0.0447. The van der Waals surface area contributed by atoms with Crippen LogP contribution >= 0.6 is 0 Å². The standard InChI is InChI=1S/C4H10.CH3F3N2O2S/c1-3-4-2;2-1(3,4)9(7,8)6-5/h3-4H2,1-2H3;6H,5H2. The fourth-order valence-corrected chi connectivity index (χ4v) is 0.200. The van der Waals surface area contributed by atoms with Crippen LogP contribution in [0.2, 0.25) is 0 Å². The summed E-state index contributed by atoms with van der Waals surface area (Å²) in [6, 6.07) is 0. The van der Waals surface area contributed by atoms with Gasteiger partial charge in [0.2, 0.25) is 0 Å². The minimum Gasteiger partial charge on any atom is -0.257 e. The van der Waals surface area contributed by atoms with Crippen molar-refractivity contribution in [1.82, 2.24) is 4.83 Å². The average molecular weight is 222 g/mol. The van der Waals surface area contributed by atoms with Crippen molar-refractivity contribution in [3.8, 4) is 0 Å². The number of halogens is 3. The van der Waals surface area contributed by atoms with Gasteiger partial charge < -0.3 is 0 Å². The van der Waals surface area contributed by atoms with Crippen LogP contribution in [0.5, 0.6) is 0 Å². The van der Waals surface area contributed by atoms with E-state index in [4.69, 9.17) is 0 Å². The van der Waals surface area contributed by atoms with Crippen molar-refractivity contribution >= 4 is 10.0 Å². The summed E-state index contributed by atoms with van der Waals surface area (Å²) in [5.41, 5.74) is -5.32. The first-order valence-corrected chi connectivity index (χ1v) is 4.99. The third-order valence-electron chi connectivity index (χ3n) is 0.960. The molecular formula is C5H13F3N2O2S.